The summed E-state index contributed by atoms with van der Waals surface area (Å²) >= 11 is 0. The Hall–Kier alpha value is -1.11. The number of likely N-dealkylation sites (tertiary alicyclic amines) is 1. The quantitative estimate of drug-likeness (QED) is 0.511. The molecular weight excluding hydrogens is 147 g/mol. The van der Waals surface area contributed by atoms with E-state index in [4.69, 9.17) is 5.26 Å². The van der Waals surface area contributed by atoms with Crippen molar-refractivity contribution in [1.82, 2.24) is 4.90 Å². The van der Waals surface area contributed by atoms with Gasteiger partial charge in [-0.1, -0.05) is 0 Å². The van der Waals surface area contributed by atoms with Crippen LogP contribution in [0.3, 0.4) is 0 Å². The first-order valence-corrected chi connectivity index (χ1v) is 3.46. The number of amides is 1. The highest BCUT2D eigenvalue weighted by Crippen LogP contribution is 2.19. The molecule has 0 unspecified atom stereocenters. The number of hydrogen-bond donors (Lipinski definition) is 0. The molecule has 0 bridgehead atoms. The number of alkyl halides is 1. The van der Waals surface area contributed by atoms with E-state index in [1.54, 1.807) is 0 Å². The number of hydrogen-bond acceptors (Lipinski definition) is 2. The van der Waals surface area contributed by atoms with Crippen LogP contribution in [-0.2, 0) is 4.79 Å². The molecule has 4 heteroatoms. The van der Waals surface area contributed by atoms with E-state index < -0.39 is 12.2 Å². The van der Waals surface area contributed by atoms with Gasteiger partial charge in [0.2, 0.25) is 5.91 Å². The molecule has 0 aromatic heterocycles. The third-order valence-electron chi connectivity index (χ3n) is 1.80. The van der Waals surface area contributed by atoms with Crippen LogP contribution in [0.2, 0.25) is 0 Å². The number of halogens is 1. The Bertz CT molecular complexity index is 211. The van der Waals surface area contributed by atoms with Crippen molar-refractivity contribution < 1.29 is 9.18 Å². The molecule has 0 radical (unpaired) electrons. The van der Waals surface area contributed by atoms with Crippen LogP contribution in [-0.4, -0.2) is 29.6 Å². The summed E-state index contributed by atoms with van der Waals surface area (Å²) in [6.45, 7) is 1.43. The number of nitrogens with zero attached hydrogens (tertiary/aromatic N) is 2. The smallest absolute Gasteiger partial charge is 0.220 e. The number of nitriles is 1. The molecule has 1 saturated heterocycles. The summed E-state index contributed by atoms with van der Waals surface area (Å²) in [5, 5.41) is 8.49. The predicted molar refractivity (Wildman–Crippen MR) is 36.3 cm³/mol. The standard InChI is InChI=1S/C7H9FN2O/c1-5(11)10-4-6(8)2-7(10)3-9/h6-7H,2,4H2,1H3/t6-,7+/m0/s1. The van der Waals surface area contributed by atoms with Gasteiger partial charge in [-0.25, -0.2) is 4.39 Å². The first-order valence-electron chi connectivity index (χ1n) is 3.46. The van der Waals surface area contributed by atoms with Crippen molar-refractivity contribution in [3.63, 3.8) is 0 Å². The third kappa shape index (κ3) is 1.48. The second-order valence-corrected chi connectivity index (χ2v) is 2.65. The summed E-state index contributed by atoms with van der Waals surface area (Å²) < 4.78 is 12.6. The first-order chi connectivity index (χ1) is 5.15. The van der Waals surface area contributed by atoms with Crippen molar-refractivity contribution in [3.8, 4) is 6.07 Å². The molecule has 2 atom stereocenters. The molecule has 3 nitrogen and oxygen atoms in total. The van der Waals surface area contributed by atoms with Gasteiger partial charge in [0, 0.05) is 13.3 Å². The minimum absolute atomic E-state index is 0.0769. The molecule has 0 saturated carbocycles. The maximum absolute atomic E-state index is 12.6. The lowest BCUT2D eigenvalue weighted by Gasteiger charge is -2.15. The molecule has 0 aliphatic carbocycles. The summed E-state index contributed by atoms with van der Waals surface area (Å²) in [6, 6.07) is 1.34. The van der Waals surface area contributed by atoms with Gasteiger partial charge >= 0.3 is 0 Å². The van der Waals surface area contributed by atoms with Crippen LogP contribution in [0.25, 0.3) is 0 Å². The second kappa shape index (κ2) is 2.87. The van der Waals surface area contributed by atoms with Gasteiger partial charge in [0.05, 0.1) is 12.6 Å². The van der Waals surface area contributed by atoms with Crippen LogP contribution >= 0.6 is 0 Å². The Labute approximate surface area is 64.4 Å². The Morgan fingerprint density at radius 3 is 2.82 bits per heavy atom. The van der Waals surface area contributed by atoms with Gasteiger partial charge < -0.3 is 4.90 Å². The van der Waals surface area contributed by atoms with Gasteiger partial charge in [-0.2, -0.15) is 5.26 Å². The molecule has 1 aliphatic rings. The Kier molecular flexibility index (Phi) is 2.08. The molecule has 0 aromatic rings. The first kappa shape index (κ1) is 7.99. The van der Waals surface area contributed by atoms with E-state index >= 15 is 0 Å². The van der Waals surface area contributed by atoms with Gasteiger partial charge in [-0.15, -0.1) is 0 Å². The molecule has 1 heterocycles. The lowest BCUT2D eigenvalue weighted by Crippen LogP contribution is -2.32. The zero-order valence-corrected chi connectivity index (χ0v) is 6.25. The summed E-state index contributed by atoms with van der Waals surface area (Å²) in [5.41, 5.74) is 0. The van der Waals surface area contributed by atoms with E-state index in [-0.39, 0.29) is 18.9 Å². The zero-order chi connectivity index (χ0) is 8.43. The van der Waals surface area contributed by atoms with Gasteiger partial charge in [0.1, 0.15) is 12.2 Å². The molecule has 60 valence electrons. The summed E-state index contributed by atoms with van der Waals surface area (Å²) in [4.78, 5) is 12.0. The number of rotatable bonds is 0. The molecule has 11 heavy (non-hydrogen) atoms. The van der Waals surface area contributed by atoms with Crippen LogP contribution in [0, 0.1) is 11.3 Å². The normalized spacial score (nSPS) is 30.1. The van der Waals surface area contributed by atoms with Crippen LogP contribution in [0.5, 0.6) is 0 Å². The lowest BCUT2D eigenvalue weighted by atomic mass is 10.2. The Balaban J connectivity index is 2.67. The highest BCUT2D eigenvalue weighted by Gasteiger charge is 2.33. The Morgan fingerprint density at radius 2 is 2.45 bits per heavy atom. The van der Waals surface area contributed by atoms with Crippen molar-refractivity contribution in [2.24, 2.45) is 0 Å². The van der Waals surface area contributed by atoms with E-state index in [0.717, 1.165) is 0 Å². The third-order valence-corrected chi connectivity index (χ3v) is 1.80. The van der Waals surface area contributed by atoms with Gasteiger partial charge in [0.15, 0.2) is 0 Å². The van der Waals surface area contributed by atoms with Crippen molar-refractivity contribution in [2.75, 3.05) is 6.54 Å². The molecule has 0 spiro atoms. The Morgan fingerprint density at radius 1 is 1.82 bits per heavy atom. The maximum Gasteiger partial charge on any atom is 0.220 e. The lowest BCUT2D eigenvalue weighted by molar-refractivity contribution is -0.128. The summed E-state index contributed by atoms with van der Waals surface area (Å²) in [5.74, 6) is -0.225. The van der Waals surface area contributed by atoms with Crippen LogP contribution < -0.4 is 0 Å². The summed E-state index contributed by atoms with van der Waals surface area (Å²) in [7, 11) is 0. The fourth-order valence-corrected chi connectivity index (χ4v) is 1.26. The van der Waals surface area contributed by atoms with Crippen molar-refractivity contribution in [1.29, 1.82) is 5.26 Å². The van der Waals surface area contributed by atoms with Gasteiger partial charge in [-0.05, 0) is 0 Å². The van der Waals surface area contributed by atoms with Crippen LogP contribution in [0.1, 0.15) is 13.3 Å². The molecule has 1 aliphatic heterocycles. The minimum Gasteiger partial charge on any atom is -0.324 e. The fourth-order valence-electron chi connectivity index (χ4n) is 1.26. The van der Waals surface area contributed by atoms with E-state index in [1.807, 2.05) is 6.07 Å². The van der Waals surface area contributed by atoms with Gasteiger partial charge in [-0.3, -0.25) is 4.79 Å². The van der Waals surface area contributed by atoms with E-state index in [2.05, 4.69) is 0 Å². The monoisotopic (exact) mass is 156 g/mol. The average Bonchev–Trinajstić information content (AvgIpc) is 2.30. The molecule has 0 aromatic carbocycles. The highest BCUT2D eigenvalue weighted by atomic mass is 19.1. The fraction of sp³-hybridized carbons (Fsp3) is 0.714. The zero-order valence-electron chi connectivity index (χ0n) is 6.25. The van der Waals surface area contributed by atoms with Crippen molar-refractivity contribution >= 4 is 5.91 Å². The topological polar surface area (TPSA) is 44.1 Å². The summed E-state index contributed by atoms with van der Waals surface area (Å²) in [6.07, 6.45) is -0.862. The van der Waals surface area contributed by atoms with Crippen molar-refractivity contribution in [3.05, 3.63) is 0 Å². The largest absolute Gasteiger partial charge is 0.324 e. The molecule has 1 amide bonds. The minimum atomic E-state index is -1.02. The van der Waals surface area contributed by atoms with E-state index in [9.17, 15) is 9.18 Å². The van der Waals surface area contributed by atoms with Crippen molar-refractivity contribution in [2.45, 2.75) is 25.6 Å². The second-order valence-electron chi connectivity index (χ2n) is 2.65. The van der Waals surface area contributed by atoms with Crippen LogP contribution in [0.15, 0.2) is 0 Å². The SMILES string of the molecule is CC(=O)N1C[C@@H](F)C[C@@H]1C#N. The predicted octanol–water partition coefficient (Wildman–Crippen LogP) is 0.469. The van der Waals surface area contributed by atoms with E-state index in [1.165, 1.54) is 11.8 Å². The molecular formula is C7H9FN2O. The maximum atomic E-state index is 12.6. The van der Waals surface area contributed by atoms with E-state index in [0.29, 0.717) is 0 Å². The van der Waals surface area contributed by atoms with Crippen LogP contribution in [0.4, 0.5) is 4.39 Å². The molecule has 0 N–H and O–H groups in total. The average molecular weight is 156 g/mol. The highest BCUT2D eigenvalue weighted by molar-refractivity contribution is 5.74. The molecule has 1 fully saturated rings. The molecule has 1 rings (SSSR count). The number of carbonyl (C=O) groups excluding carboxylic acids is 1. The van der Waals surface area contributed by atoms with Gasteiger partial charge in [0.25, 0.3) is 0 Å². The number of carbonyl (C=O) groups is 1.